The van der Waals surface area contributed by atoms with Crippen molar-refractivity contribution in [2.75, 3.05) is 4.90 Å². The number of anilines is 1. The fourth-order valence-corrected chi connectivity index (χ4v) is 5.86. The van der Waals surface area contributed by atoms with Gasteiger partial charge >= 0.3 is 0 Å². The lowest BCUT2D eigenvalue weighted by molar-refractivity contribution is -0.127. The molecule has 2 heterocycles. The van der Waals surface area contributed by atoms with Gasteiger partial charge in [-0.1, -0.05) is 83.4 Å². The molecule has 0 bridgehead atoms. The summed E-state index contributed by atoms with van der Waals surface area (Å²) < 4.78 is 6.26. The maximum atomic E-state index is 13.9. The van der Waals surface area contributed by atoms with Crippen molar-refractivity contribution >= 4 is 52.3 Å². The first-order valence-corrected chi connectivity index (χ1v) is 11.8. The topological polar surface area (TPSA) is 80.8 Å². The molecule has 3 atom stereocenters. The molecule has 0 aromatic heterocycles. The molecule has 3 aliphatic rings. The first-order chi connectivity index (χ1) is 16.8. The molecule has 2 aliphatic heterocycles. The zero-order valence-corrected chi connectivity index (χ0v) is 19.8. The van der Waals surface area contributed by atoms with Crippen molar-refractivity contribution in [3.8, 4) is 0 Å². The SMILES string of the molecule is Cc1ccc([C@H]2OC3(C(=O)c4ccccc4C3=O)[C@H]3C(=O)N(c4cccc(Cl)c4Cl)C(=O)[C@@H]23)cc1. The summed E-state index contributed by atoms with van der Waals surface area (Å²) in [5, 5.41) is 0.202. The number of imide groups is 1. The molecule has 6 rings (SSSR count). The van der Waals surface area contributed by atoms with Gasteiger partial charge in [-0.15, -0.1) is 0 Å². The number of fused-ring (bicyclic) bond motifs is 3. The number of rotatable bonds is 2. The third-order valence-corrected chi connectivity index (χ3v) is 7.91. The van der Waals surface area contributed by atoms with Crippen LogP contribution < -0.4 is 4.90 Å². The summed E-state index contributed by atoms with van der Waals surface area (Å²) in [5.74, 6) is -4.96. The van der Waals surface area contributed by atoms with E-state index in [1.165, 1.54) is 18.2 Å². The smallest absolute Gasteiger partial charge is 0.241 e. The number of hydrogen-bond donors (Lipinski definition) is 0. The fourth-order valence-electron chi connectivity index (χ4n) is 5.48. The van der Waals surface area contributed by atoms with Crippen LogP contribution in [0.1, 0.15) is 37.9 Å². The number of amides is 2. The highest BCUT2D eigenvalue weighted by molar-refractivity contribution is 6.45. The van der Waals surface area contributed by atoms with Gasteiger partial charge in [-0.25, -0.2) is 4.90 Å². The van der Waals surface area contributed by atoms with Crippen LogP contribution >= 0.6 is 23.2 Å². The predicted octanol–water partition coefficient (Wildman–Crippen LogP) is 5.00. The van der Waals surface area contributed by atoms with Crippen LogP contribution in [0.2, 0.25) is 10.0 Å². The molecule has 2 saturated heterocycles. The number of halogens is 2. The molecule has 1 aliphatic carbocycles. The van der Waals surface area contributed by atoms with Gasteiger partial charge in [-0.05, 0) is 24.6 Å². The second-order valence-electron chi connectivity index (χ2n) is 8.98. The number of nitrogens with zero attached hydrogens (tertiary/aromatic N) is 1. The Balaban J connectivity index is 1.56. The van der Waals surface area contributed by atoms with Crippen LogP contribution in [-0.2, 0) is 14.3 Å². The third kappa shape index (κ3) is 2.82. The Morgan fingerprint density at radius 3 is 2.06 bits per heavy atom. The highest BCUT2D eigenvalue weighted by atomic mass is 35.5. The van der Waals surface area contributed by atoms with Crippen LogP contribution in [0.15, 0.2) is 66.7 Å². The molecule has 6 nitrogen and oxygen atoms in total. The van der Waals surface area contributed by atoms with Crippen LogP contribution in [0.4, 0.5) is 5.69 Å². The molecule has 3 aromatic carbocycles. The van der Waals surface area contributed by atoms with Gasteiger partial charge in [0.2, 0.25) is 29.0 Å². The van der Waals surface area contributed by atoms with E-state index < -0.39 is 46.9 Å². The van der Waals surface area contributed by atoms with E-state index in [-0.39, 0.29) is 26.9 Å². The van der Waals surface area contributed by atoms with E-state index in [1.54, 1.807) is 36.4 Å². The molecule has 0 N–H and O–H groups in total. The molecular formula is C27H17Cl2NO5. The first-order valence-electron chi connectivity index (χ1n) is 11.0. The molecule has 3 aromatic rings. The Labute approximate surface area is 210 Å². The van der Waals surface area contributed by atoms with Crippen LogP contribution in [0.3, 0.4) is 0 Å². The van der Waals surface area contributed by atoms with Crippen LogP contribution in [0.5, 0.6) is 0 Å². The van der Waals surface area contributed by atoms with Crippen molar-refractivity contribution in [1.82, 2.24) is 0 Å². The number of aryl methyl sites for hydroxylation is 1. The van der Waals surface area contributed by atoms with E-state index in [1.807, 2.05) is 19.1 Å². The standard InChI is InChI=1S/C27H17Cl2NO5/c1-13-9-11-14(12-10-13)22-19-20(26(34)30(25(19)33)18-8-4-7-17(28)21(18)29)27(35-22)23(31)15-5-2-3-6-16(15)24(27)32/h2-12,19-20,22H,1H3/t19-,20-,22-/m1/s1. The van der Waals surface area contributed by atoms with Crippen molar-refractivity contribution in [1.29, 1.82) is 0 Å². The zero-order valence-electron chi connectivity index (χ0n) is 18.3. The molecule has 35 heavy (non-hydrogen) atoms. The van der Waals surface area contributed by atoms with Gasteiger partial charge in [0.25, 0.3) is 0 Å². The molecule has 1 spiro atoms. The van der Waals surface area contributed by atoms with Gasteiger partial charge in [-0.2, -0.15) is 0 Å². The summed E-state index contributed by atoms with van der Waals surface area (Å²) >= 11 is 12.5. The van der Waals surface area contributed by atoms with E-state index in [2.05, 4.69) is 0 Å². The van der Waals surface area contributed by atoms with E-state index in [0.717, 1.165) is 10.5 Å². The Morgan fingerprint density at radius 2 is 1.43 bits per heavy atom. The number of carbonyl (C=O) groups is 4. The Bertz CT molecular complexity index is 1430. The highest BCUT2D eigenvalue weighted by Gasteiger charge is 2.74. The van der Waals surface area contributed by atoms with Crippen LogP contribution in [0.25, 0.3) is 0 Å². The van der Waals surface area contributed by atoms with Crippen molar-refractivity contribution in [3.05, 3.63) is 99.0 Å². The first kappa shape index (κ1) is 22.2. The van der Waals surface area contributed by atoms with Crippen molar-refractivity contribution in [2.45, 2.75) is 18.6 Å². The molecule has 2 fully saturated rings. The zero-order chi connectivity index (χ0) is 24.6. The second-order valence-corrected chi connectivity index (χ2v) is 9.76. The second kappa shape index (κ2) is 7.59. The van der Waals surface area contributed by atoms with E-state index in [9.17, 15) is 19.2 Å². The van der Waals surface area contributed by atoms with Gasteiger partial charge in [0.15, 0.2) is 0 Å². The molecule has 8 heteroatoms. The summed E-state index contributed by atoms with van der Waals surface area (Å²) in [5.41, 5.74) is -0.0765. The van der Waals surface area contributed by atoms with Crippen molar-refractivity contribution in [3.63, 3.8) is 0 Å². The summed E-state index contributed by atoms with van der Waals surface area (Å²) in [4.78, 5) is 56.2. The molecule has 0 saturated carbocycles. The number of Topliss-reactive ketones (excluding diaryl/α,β-unsaturated/α-hetero) is 2. The lowest BCUT2D eigenvalue weighted by Gasteiger charge is -2.27. The number of ether oxygens (including phenoxy) is 1. The summed E-state index contributed by atoms with van der Waals surface area (Å²) in [6, 6.07) is 18.2. The van der Waals surface area contributed by atoms with Gasteiger partial charge in [0.1, 0.15) is 0 Å². The average Bonchev–Trinajstić information content (AvgIpc) is 3.42. The maximum Gasteiger partial charge on any atom is 0.241 e. The summed E-state index contributed by atoms with van der Waals surface area (Å²) in [6.07, 6.45) is -0.984. The molecule has 0 radical (unpaired) electrons. The quantitative estimate of drug-likeness (QED) is 0.361. The van der Waals surface area contributed by atoms with Gasteiger partial charge < -0.3 is 4.74 Å². The van der Waals surface area contributed by atoms with E-state index in [4.69, 9.17) is 27.9 Å². The molecule has 174 valence electrons. The maximum absolute atomic E-state index is 13.9. The monoisotopic (exact) mass is 505 g/mol. The van der Waals surface area contributed by atoms with E-state index in [0.29, 0.717) is 5.56 Å². The van der Waals surface area contributed by atoms with Gasteiger partial charge in [0.05, 0.1) is 33.7 Å². The highest BCUT2D eigenvalue weighted by Crippen LogP contribution is 2.58. The van der Waals surface area contributed by atoms with Crippen LogP contribution in [0, 0.1) is 18.8 Å². The molecular weight excluding hydrogens is 489 g/mol. The minimum absolute atomic E-state index is 0.0325. The summed E-state index contributed by atoms with van der Waals surface area (Å²) in [7, 11) is 0. The number of ketones is 2. The predicted molar refractivity (Wildman–Crippen MR) is 129 cm³/mol. The van der Waals surface area contributed by atoms with Gasteiger partial charge in [-0.3, -0.25) is 19.2 Å². The minimum Gasteiger partial charge on any atom is -0.349 e. The van der Waals surface area contributed by atoms with Crippen molar-refractivity contribution in [2.24, 2.45) is 11.8 Å². The Morgan fingerprint density at radius 1 is 0.800 bits per heavy atom. The summed E-state index contributed by atoms with van der Waals surface area (Å²) in [6.45, 7) is 1.91. The Kier molecular flexibility index (Phi) is 4.81. The largest absolute Gasteiger partial charge is 0.349 e. The lowest BCUT2D eigenvalue weighted by atomic mass is 9.77. The van der Waals surface area contributed by atoms with Crippen LogP contribution in [-0.4, -0.2) is 29.0 Å². The lowest BCUT2D eigenvalue weighted by Crippen LogP contribution is -2.51. The van der Waals surface area contributed by atoms with E-state index >= 15 is 0 Å². The van der Waals surface area contributed by atoms with Crippen molar-refractivity contribution < 1.29 is 23.9 Å². The average molecular weight is 506 g/mol. The number of hydrogen-bond acceptors (Lipinski definition) is 5. The van der Waals surface area contributed by atoms with Gasteiger partial charge in [0, 0.05) is 11.1 Å². The normalized spacial score (nSPS) is 24.4. The third-order valence-electron chi connectivity index (χ3n) is 7.10. The number of benzene rings is 3. The minimum atomic E-state index is -2.13. The molecule has 2 amide bonds. The Hall–Kier alpha value is -3.32. The number of carbonyl (C=O) groups excluding carboxylic acids is 4. The molecule has 0 unspecified atom stereocenters. The fraction of sp³-hybridized carbons (Fsp3) is 0.185.